The lowest BCUT2D eigenvalue weighted by Crippen LogP contribution is -2.87. The number of rotatable bonds is 10. The molecule has 0 aromatic heterocycles. The number of hydrogen-bond acceptors (Lipinski definition) is 3. The minimum absolute atomic E-state index is 0.0535. The highest BCUT2D eigenvalue weighted by molar-refractivity contribution is 7.99. The Kier molecular flexibility index (Phi) is 8.96. The molecule has 0 aliphatic carbocycles. The molecule has 3 N–H and O–H groups in total. The zero-order chi connectivity index (χ0) is 18.9. The molecular weight excluding hydrogens is 366 g/mol. The summed E-state index contributed by atoms with van der Waals surface area (Å²) in [7, 11) is 0. The SMILES string of the molecule is Cc1ccc(SCC[NH2+]C[C@H](O)CO[C@H](C)c2ccc(Cl)cc2)cc1C. The molecule has 0 aliphatic rings. The Labute approximate surface area is 166 Å². The third-order valence-electron chi connectivity index (χ3n) is 4.39. The number of hydrogen-bond donors (Lipinski definition) is 2. The molecule has 0 aliphatic heterocycles. The van der Waals surface area contributed by atoms with Crippen LogP contribution < -0.4 is 5.32 Å². The maximum absolute atomic E-state index is 10.1. The van der Waals surface area contributed by atoms with Gasteiger partial charge in [-0.3, -0.25) is 0 Å². The van der Waals surface area contributed by atoms with Crippen molar-refractivity contribution in [2.75, 3.05) is 25.4 Å². The monoisotopic (exact) mass is 394 g/mol. The molecule has 2 rings (SSSR count). The van der Waals surface area contributed by atoms with Crippen LogP contribution in [0.15, 0.2) is 47.4 Å². The summed E-state index contributed by atoms with van der Waals surface area (Å²) in [6.45, 7) is 8.23. The fourth-order valence-corrected chi connectivity index (χ4v) is 3.60. The van der Waals surface area contributed by atoms with Crippen molar-refractivity contribution >= 4 is 23.4 Å². The molecule has 0 fully saturated rings. The minimum Gasteiger partial charge on any atom is -0.385 e. The molecule has 0 heterocycles. The summed E-state index contributed by atoms with van der Waals surface area (Å²) in [5.41, 5.74) is 3.73. The van der Waals surface area contributed by atoms with Gasteiger partial charge in [0.05, 0.1) is 19.3 Å². The van der Waals surface area contributed by atoms with Gasteiger partial charge >= 0.3 is 0 Å². The van der Waals surface area contributed by atoms with Crippen LogP contribution in [0, 0.1) is 13.8 Å². The average molecular weight is 395 g/mol. The maximum Gasteiger partial charge on any atom is 0.126 e. The first-order valence-electron chi connectivity index (χ1n) is 9.02. The van der Waals surface area contributed by atoms with Gasteiger partial charge in [-0.25, -0.2) is 0 Å². The molecule has 2 aromatic carbocycles. The fourth-order valence-electron chi connectivity index (χ4n) is 2.53. The molecule has 0 bridgehead atoms. The number of ether oxygens (including phenoxy) is 1. The largest absolute Gasteiger partial charge is 0.385 e. The zero-order valence-corrected chi connectivity index (χ0v) is 17.3. The molecule has 2 aromatic rings. The number of aliphatic hydroxyl groups is 1. The molecule has 2 atom stereocenters. The predicted octanol–water partition coefficient (Wildman–Crippen LogP) is 3.75. The topological polar surface area (TPSA) is 46.1 Å². The van der Waals surface area contributed by atoms with Crippen LogP contribution in [0.25, 0.3) is 0 Å². The van der Waals surface area contributed by atoms with Gasteiger partial charge < -0.3 is 15.2 Å². The fraction of sp³-hybridized carbons (Fsp3) is 0.429. The molecule has 5 heteroatoms. The van der Waals surface area contributed by atoms with Gasteiger partial charge in [0.15, 0.2) is 0 Å². The van der Waals surface area contributed by atoms with Gasteiger partial charge in [0.1, 0.15) is 12.6 Å². The van der Waals surface area contributed by atoms with Crippen LogP contribution in [0.1, 0.15) is 29.7 Å². The highest BCUT2D eigenvalue weighted by Gasteiger charge is 2.11. The summed E-state index contributed by atoms with van der Waals surface area (Å²) in [6, 6.07) is 14.2. The Morgan fingerprint density at radius 3 is 2.54 bits per heavy atom. The van der Waals surface area contributed by atoms with Crippen molar-refractivity contribution < 1.29 is 15.2 Å². The Hall–Kier alpha value is -1.04. The van der Waals surface area contributed by atoms with Crippen molar-refractivity contribution in [3.63, 3.8) is 0 Å². The van der Waals surface area contributed by atoms with E-state index in [0.29, 0.717) is 18.2 Å². The second kappa shape index (κ2) is 11.0. The summed E-state index contributed by atoms with van der Waals surface area (Å²) >= 11 is 7.75. The second-order valence-corrected chi connectivity index (χ2v) is 8.19. The molecule has 0 unspecified atom stereocenters. The maximum atomic E-state index is 10.1. The van der Waals surface area contributed by atoms with E-state index in [0.717, 1.165) is 17.9 Å². The summed E-state index contributed by atoms with van der Waals surface area (Å²) in [5.74, 6) is 1.03. The molecule has 0 spiro atoms. The van der Waals surface area contributed by atoms with Crippen LogP contribution in [0.5, 0.6) is 0 Å². The van der Waals surface area contributed by atoms with Crippen molar-refractivity contribution in [1.29, 1.82) is 0 Å². The molecular formula is C21H29ClNO2S+. The van der Waals surface area contributed by atoms with Crippen molar-refractivity contribution in [3.05, 3.63) is 64.2 Å². The number of benzene rings is 2. The van der Waals surface area contributed by atoms with Gasteiger partial charge in [0, 0.05) is 15.7 Å². The van der Waals surface area contributed by atoms with Crippen LogP contribution in [-0.2, 0) is 4.74 Å². The highest BCUT2D eigenvalue weighted by Crippen LogP contribution is 2.20. The number of quaternary nitrogens is 1. The van der Waals surface area contributed by atoms with E-state index in [2.05, 4.69) is 37.4 Å². The Morgan fingerprint density at radius 1 is 1.12 bits per heavy atom. The third-order valence-corrected chi connectivity index (χ3v) is 5.66. The van der Waals surface area contributed by atoms with Crippen LogP contribution >= 0.6 is 23.4 Å². The standard InChI is InChI=1S/C21H28ClNO2S/c1-15-4-9-21(12-16(15)2)26-11-10-23-13-20(24)14-25-17(3)18-5-7-19(22)8-6-18/h4-9,12,17,20,23-24H,10-11,13-14H2,1-3H3/p+1/t17-,20+/m1/s1. The van der Waals surface area contributed by atoms with E-state index >= 15 is 0 Å². The number of halogens is 1. The van der Waals surface area contributed by atoms with Crippen molar-refractivity contribution in [2.24, 2.45) is 0 Å². The number of nitrogens with two attached hydrogens (primary N) is 1. The average Bonchev–Trinajstić information content (AvgIpc) is 2.63. The zero-order valence-electron chi connectivity index (χ0n) is 15.7. The van der Waals surface area contributed by atoms with Gasteiger partial charge in [0.25, 0.3) is 0 Å². The molecule has 142 valence electrons. The van der Waals surface area contributed by atoms with E-state index < -0.39 is 6.10 Å². The van der Waals surface area contributed by atoms with Crippen LogP contribution in [0.2, 0.25) is 5.02 Å². The molecule has 0 saturated heterocycles. The summed E-state index contributed by atoms with van der Waals surface area (Å²) in [4.78, 5) is 1.31. The van der Waals surface area contributed by atoms with Gasteiger partial charge in [-0.2, -0.15) is 0 Å². The first kappa shape index (κ1) is 21.3. The first-order chi connectivity index (χ1) is 12.5. The van der Waals surface area contributed by atoms with E-state index in [-0.39, 0.29) is 6.10 Å². The molecule has 0 radical (unpaired) electrons. The van der Waals surface area contributed by atoms with Crippen molar-refractivity contribution in [1.82, 2.24) is 0 Å². The smallest absolute Gasteiger partial charge is 0.126 e. The molecule has 0 saturated carbocycles. The molecule has 0 amide bonds. The van der Waals surface area contributed by atoms with Crippen molar-refractivity contribution in [2.45, 2.75) is 37.9 Å². The van der Waals surface area contributed by atoms with Gasteiger partial charge in [0.2, 0.25) is 0 Å². The lowest BCUT2D eigenvalue weighted by atomic mass is 10.1. The quantitative estimate of drug-likeness (QED) is 0.476. The third kappa shape index (κ3) is 7.29. The van der Waals surface area contributed by atoms with Crippen LogP contribution in [0.4, 0.5) is 0 Å². The minimum atomic E-state index is -0.462. The molecule has 3 nitrogen and oxygen atoms in total. The second-order valence-electron chi connectivity index (χ2n) is 6.59. The lowest BCUT2D eigenvalue weighted by molar-refractivity contribution is -0.657. The Morgan fingerprint density at radius 2 is 1.85 bits per heavy atom. The normalized spacial score (nSPS) is 13.6. The van der Waals surface area contributed by atoms with Crippen LogP contribution in [0.3, 0.4) is 0 Å². The summed E-state index contributed by atoms with van der Waals surface area (Å²) in [6.07, 6.45) is -0.515. The van der Waals surface area contributed by atoms with Gasteiger partial charge in [-0.1, -0.05) is 29.8 Å². The Balaban J connectivity index is 1.59. The summed E-state index contributed by atoms with van der Waals surface area (Å²) in [5, 5.41) is 13.0. The van der Waals surface area contributed by atoms with Gasteiger partial charge in [-0.05, 0) is 61.7 Å². The van der Waals surface area contributed by atoms with E-state index in [1.807, 2.05) is 43.0 Å². The predicted molar refractivity (Wildman–Crippen MR) is 110 cm³/mol. The van der Waals surface area contributed by atoms with Crippen LogP contribution in [-0.4, -0.2) is 36.7 Å². The number of aryl methyl sites for hydroxylation is 2. The van der Waals surface area contributed by atoms with Crippen molar-refractivity contribution in [3.8, 4) is 0 Å². The first-order valence-corrected chi connectivity index (χ1v) is 10.4. The van der Waals surface area contributed by atoms with E-state index in [9.17, 15) is 5.11 Å². The van der Waals surface area contributed by atoms with Gasteiger partial charge in [-0.15, -0.1) is 11.8 Å². The highest BCUT2D eigenvalue weighted by atomic mass is 35.5. The number of thioether (sulfide) groups is 1. The van der Waals surface area contributed by atoms with E-state index in [1.54, 1.807) is 0 Å². The molecule has 26 heavy (non-hydrogen) atoms. The lowest BCUT2D eigenvalue weighted by Gasteiger charge is -2.16. The number of aliphatic hydroxyl groups excluding tert-OH is 1. The van der Waals surface area contributed by atoms with E-state index in [1.165, 1.54) is 16.0 Å². The summed E-state index contributed by atoms with van der Waals surface area (Å²) < 4.78 is 5.76. The Bertz CT molecular complexity index is 678. The van der Waals surface area contributed by atoms with E-state index in [4.69, 9.17) is 16.3 Å².